The highest BCUT2D eigenvalue weighted by atomic mass is 35.5. The van der Waals surface area contributed by atoms with Crippen molar-refractivity contribution in [2.75, 3.05) is 13.7 Å². The molecule has 0 saturated carbocycles. The molecule has 0 atom stereocenters. The molecule has 2 heterocycles. The number of halogens is 1. The summed E-state index contributed by atoms with van der Waals surface area (Å²) in [5, 5.41) is 0.667. The molecule has 0 N–H and O–H groups in total. The number of hydrogen-bond acceptors (Lipinski definition) is 3. The smallest absolute Gasteiger partial charge is 0.340 e. The van der Waals surface area contributed by atoms with Gasteiger partial charge in [-0.05, 0) is 62.7 Å². The molecule has 0 fully saturated rings. The van der Waals surface area contributed by atoms with Gasteiger partial charge in [0.15, 0.2) is 0 Å². The van der Waals surface area contributed by atoms with E-state index in [4.69, 9.17) is 16.3 Å². The van der Waals surface area contributed by atoms with Crippen molar-refractivity contribution in [2.24, 2.45) is 0 Å². The van der Waals surface area contributed by atoms with E-state index in [0.29, 0.717) is 22.8 Å². The van der Waals surface area contributed by atoms with Crippen LogP contribution in [0.4, 0.5) is 0 Å². The number of methoxy groups -OCH3 is 1. The average Bonchev–Trinajstić information content (AvgIpc) is 3.10. The van der Waals surface area contributed by atoms with Gasteiger partial charge in [0.05, 0.1) is 18.3 Å². The van der Waals surface area contributed by atoms with Crippen LogP contribution in [0.3, 0.4) is 0 Å². The molecule has 1 aliphatic rings. The van der Waals surface area contributed by atoms with Gasteiger partial charge in [0.1, 0.15) is 0 Å². The van der Waals surface area contributed by atoms with Crippen molar-refractivity contribution < 1.29 is 14.3 Å². The number of rotatable bonds is 5. The van der Waals surface area contributed by atoms with Gasteiger partial charge >= 0.3 is 5.97 Å². The van der Waals surface area contributed by atoms with Crippen LogP contribution < -0.4 is 0 Å². The lowest BCUT2D eigenvalue weighted by molar-refractivity contribution is -0.136. The van der Waals surface area contributed by atoms with Crippen molar-refractivity contribution in [3.8, 4) is 5.69 Å². The van der Waals surface area contributed by atoms with Crippen LogP contribution >= 0.6 is 11.6 Å². The van der Waals surface area contributed by atoms with E-state index >= 15 is 0 Å². The summed E-state index contributed by atoms with van der Waals surface area (Å²) in [6, 6.07) is 9.54. The van der Waals surface area contributed by atoms with Gasteiger partial charge in [0, 0.05) is 34.3 Å². The predicted octanol–water partition coefficient (Wildman–Crippen LogP) is 4.61. The molecule has 2 aromatic rings. The van der Waals surface area contributed by atoms with Gasteiger partial charge in [0.25, 0.3) is 5.91 Å². The third-order valence-electron chi connectivity index (χ3n) is 5.07. The van der Waals surface area contributed by atoms with Crippen LogP contribution in [0, 0.1) is 13.8 Å². The van der Waals surface area contributed by atoms with E-state index in [1.807, 2.05) is 44.2 Å². The number of benzene rings is 1. The van der Waals surface area contributed by atoms with Gasteiger partial charge in [-0.1, -0.05) is 17.7 Å². The zero-order chi connectivity index (χ0) is 21.3. The van der Waals surface area contributed by atoms with Crippen molar-refractivity contribution in [1.82, 2.24) is 9.47 Å². The van der Waals surface area contributed by atoms with Crippen molar-refractivity contribution >= 4 is 29.6 Å². The van der Waals surface area contributed by atoms with E-state index in [2.05, 4.69) is 11.1 Å². The number of nitrogens with zero attached hydrogens (tertiary/aromatic N) is 2. The molecular weight excluding hydrogens is 388 g/mol. The Kier molecular flexibility index (Phi) is 5.80. The number of carbonyl (C=O) groups excluding carboxylic acids is 2. The third-order valence-corrected chi connectivity index (χ3v) is 5.32. The molecule has 150 valence electrons. The van der Waals surface area contributed by atoms with E-state index in [9.17, 15) is 9.59 Å². The first-order valence-corrected chi connectivity index (χ1v) is 9.56. The lowest BCUT2D eigenvalue weighted by atomic mass is 10.0. The van der Waals surface area contributed by atoms with Crippen LogP contribution in [0.5, 0.6) is 0 Å². The quantitative estimate of drug-likeness (QED) is 0.411. The molecule has 1 amide bonds. The Hall–Kier alpha value is -3.05. The van der Waals surface area contributed by atoms with Gasteiger partial charge in [-0.15, -0.1) is 6.58 Å². The van der Waals surface area contributed by atoms with Gasteiger partial charge in [0.2, 0.25) is 0 Å². The monoisotopic (exact) mass is 410 g/mol. The highest BCUT2D eigenvalue weighted by molar-refractivity contribution is 6.30. The SMILES string of the molecule is C=CCN1C(=O)/C(=C\c2cc(C)n(-c3ccc(Cl)cc3)c2C)C(C(=O)OC)=C1C. The molecule has 0 radical (unpaired) electrons. The molecule has 0 spiro atoms. The predicted molar refractivity (Wildman–Crippen MR) is 115 cm³/mol. The Morgan fingerprint density at radius 1 is 1.21 bits per heavy atom. The number of allylic oxidation sites excluding steroid dienone is 1. The Morgan fingerprint density at radius 2 is 1.86 bits per heavy atom. The number of ether oxygens (including phenoxy) is 1. The van der Waals surface area contributed by atoms with Gasteiger partial charge in [-0.2, -0.15) is 0 Å². The average molecular weight is 411 g/mol. The maximum atomic E-state index is 13.0. The zero-order valence-corrected chi connectivity index (χ0v) is 17.7. The minimum absolute atomic E-state index is 0.237. The summed E-state index contributed by atoms with van der Waals surface area (Å²) in [4.78, 5) is 26.9. The van der Waals surface area contributed by atoms with Crippen LogP contribution in [0.2, 0.25) is 5.02 Å². The van der Waals surface area contributed by atoms with Gasteiger partial charge in [-0.25, -0.2) is 4.79 Å². The topological polar surface area (TPSA) is 51.5 Å². The molecule has 0 saturated heterocycles. The van der Waals surface area contributed by atoms with Crippen LogP contribution in [0.15, 0.2) is 59.8 Å². The molecule has 1 aliphatic heterocycles. The summed E-state index contributed by atoms with van der Waals surface area (Å²) < 4.78 is 7.01. The van der Waals surface area contributed by atoms with E-state index in [0.717, 1.165) is 22.6 Å². The standard InChI is InChI=1S/C23H23ClN2O3/c1-6-11-25-16(4)21(23(28)29-5)20(22(25)27)13-17-12-14(2)26(15(17)3)19-9-7-18(24)8-10-19/h6-10,12-13H,1,11H2,2-5H3/b20-13-. The minimum atomic E-state index is -0.528. The Balaban J connectivity index is 2.13. The first-order chi connectivity index (χ1) is 13.8. The second-order valence-electron chi connectivity index (χ2n) is 6.85. The first kappa shape index (κ1) is 20.7. The molecule has 5 nitrogen and oxygen atoms in total. The first-order valence-electron chi connectivity index (χ1n) is 9.19. The van der Waals surface area contributed by atoms with Gasteiger partial charge in [-0.3, -0.25) is 4.79 Å². The number of carbonyl (C=O) groups is 2. The van der Waals surface area contributed by atoms with Crippen LogP contribution in [-0.2, 0) is 14.3 Å². The van der Waals surface area contributed by atoms with Crippen LogP contribution in [0.25, 0.3) is 11.8 Å². The largest absolute Gasteiger partial charge is 0.465 e. The molecule has 0 unspecified atom stereocenters. The maximum Gasteiger partial charge on any atom is 0.340 e. The zero-order valence-electron chi connectivity index (χ0n) is 17.0. The molecule has 1 aromatic carbocycles. The van der Waals surface area contributed by atoms with Crippen LogP contribution in [0.1, 0.15) is 23.9 Å². The number of aryl methyl sites for hydroxylation is 1. The molecule has 3 rings (SSSR count). The normalized spacial score (nSPS) is 15.4. The van der Waals surface area contributed by atoms with Gasteiger partial charge < -0.3 is 14.2 Å². The van der Waals surface area contributed by atoms with Crippen molar-refractivity contribution in [3.63, 3.8) is 0 Å². The summed E-state index contributed by atoms with van der Waals surface area (Å²) in [7, 11) is 1.31. The summed E-state index contributed by atoms with van der Waals surface area (Å²) in [5.74, 6) is -0.765. The van der Waals surface area contributed by atoms with E-state index in [1.54, 1.807) is 19.1 Å². The summed E-state index contributed by atoms with van der Waals surface area (Å²) in [6.07, 6.45) is 3.39. The molecule has 0 aliphatic carbocycles. The number of esters is 1. The lowest BCUT2D eigenvalue weighted by Gasteiger charge is -2.14. The summed E-state index contributed by atoms with van der Waals surface area (Å²) >= 11 is 6.01. The highest BCUT2D eigenvalue weighted by Gasteiger charge is 2.36. The fraction of sp³-hybridized carbons (Fsp3) is 0.217. The number of aromatic nitrogens is 1. The molecule has 6 heteroatoms. The van der Waals surface area contributed by atoms with Crippen LogP contribution in [-0.4, -0.2) is 35.0 Å². The summed E-state index contributed by atoms with van der Waals surface area (Å²) in [5.41, 5.74) is 4.97. The second kappa shape index (κ2) is 8.13. The molecule has 29 heavy (non-hydrogen) atoms. The fourth-order valence-corrected chi connectivity index (χ4v) is 3.78. The Bertz CT molecular complexity index is 1060. The fourth-order valence-electron chi connectivity index (χ4n) is 3.65. The Morgan fingerprint density at radius 3 is 2.45 bits per heavy atom. The minimum Gasteiger partial charge on any atom is -0.465 e. The van der Waals surface area contributed by atoms with E-state index in [-0.39, 0.29) is 11.5 Å². The molecular formula is C23H23ClN2O3. The second-order valence-corrected chi connectivity index (χ2v) is 7.29. The van der Waals surface area contributed by atoms with E-state index < -0.39 is 5.97 Å². The maximum absolute atomic E-state index is 13.0. The van der Waals surface area contributed by atoms with Crippen molar-refractivity contribution in [2.45, 2.75) is 20.8 Å². The highest BCUT2D eigenvalue weighted by Crippen LogP contribution is 2.33. The number of amides is 1. The lowest BCUT2D eigenvalue weighted by Crippen LogP contribution is -2.25. The van der Waals surface area contributed by atoms with E-state index in [1.165, 1.54) is 12.0 Å². The third kappa shape index (κ3) is 3.66. The molecule has 1 aromatic heterocycles. The molecule has 0 bridgehead atoms. The Labute approximate surface area is 175 Å². The van der Waals surface area contributed by atoms with Crippen molar-refractivity contribution in [3.05, 3.63) is 81.8 Å². The van der Waals surface area contributed by atoms with Crippen molar-refractivity contribution in [1.29, 1.82) is 0 Å². The number of hydrogen-bond donors (Lipinski definition) is 0. The summed E-state index contributed by atoms with van der Waals surface area (Å²) in [6.45, 7) is 9.73.